The minimum absolute atomic E-state index is 0.0790. The van der Waals surface area contributed by atoms with Crippen LogP contribution in [0.25, 0.3) is 0 Å². The monoisotopic (exact) mass is 309 g/mol. The fourth-order valence-corrected chi connectivity index (χ4v) is 2.12. The first kappa shape index (κ1) is 15.4. The van der Waals surface area contributed by atoms with Crippen LogP contribution in [0.2, 0.25) is 0 Å². The van der Waals surface area contributed by atoms with Gasteiger partial charge in [0.25, 0.3) is 0 Å². The number of rotatable bonds is 5. The number of hydrogen-bond donors (Lipinski definition) is 3. The molecule has 1 amide bonds. The van der Waals surface area contributed by atoms with Crippen LogP contribution in [-0.4, -0.2) is 30.4 Å². The Morgan fingerprint density at radius 2 is 2.10 bits per heavy atom. The van der Waals surface area contributed by atoms with E-state index in [0.717, 1.165) is 17.1 Å². The molecule has 0 fully saturated rings. The maximum atomic E-state index is 11.6. The van der Waals surface area contributed by atoms with Crippen LogP contribution in [0.5, 0.6) is 11.5 Å². The molecule has 0 aromatic heterocycles. The molecule has 1 atom stereocenters. The van der Waals surface area contributed by atoms with Crippen molar-refractivity contribution in [1.82, 2.24) is 16.0 Å². The van der Waals surface area contributed by atoms with Crippen LogP contribution in [0.15, 0.2) is 18.2 Å². The number of carbonyl (C=O) groups is 1. The second kappa shape index (κ2) is 7.12. The molecule has 0 spiro atoms. The van der Waals surface area contributed by atoms with Crippen LogP contribution < -0.4 is 25.4 Å². The Labute approximate surface area is 129 Å². The van der Waals surface area contributed by atoms with Gasteiger partial charge >= 0.3 is 0 Å². The van der Waals surface area contributed by atoms with E-state index in [0.29, 0.717) is 18.2 Å². The highest BCUT2D eigenvalue weighted by Gasteiger charge is 2.14. The summed E-state index contributed by atoms with van der Waals surface area (Å²) in [5, 5.41) is 9.17. The summed E-state index contributed by atoms with van der Waals surface area (Å²) in [5.41, 5.74) is 1.02. The summed E-state index contributed by atoms with van der Waals surface area (Å²) in [4.78, 5) is 11.6. The highest BCUT2D eigenvalue weighted by molar-refractivity contribution is 7.80. The van der Waals surface area contributed by atoms with Gasteiger partial charge in [0, 0.05) is 13.1 Å². The van der Waals surface area contributed by atoms with Gasteiger partial charge in [-0.2, -0.15) is 0 Å². The Bertz CT molecular complexity index is 536. The SMILES string of the molecule is CCNC(=O)[C@@H](C)NC(=S)NCc1ccc2c(c1)OCO2. The Balaban J connectivity index is 1.80. The number of benzene rings is 1. The van der Waals surface area contributed by atoms with Gasteiger partial charge in [0.1, 0.15) is 6.04 Å². The summed E-state index contributed by atoms with van der Waals surface area (Å²) in [7, 11) is 0. The third-order valence-corrected chi connectivity index (χ3v) is 3.24. The predicted octanol–water partition coefficient (Wildman–Crippen LogP) is 0.904. The van der Waals surface area contributed by atoms with E-state index in [4.69, 9.17) is 21.7 Å². The molecule has 114 valence electrons. The van der Waals surface area contributed by atoms with Crippen LogP contribution in [0.1, 0.15) is 19.4 Å². The standard InChI is InChI=1S/C14H19N3O3S/c1-3-15-13(18)9(2)17-14(21)16-7-10-4-5-11-12(6-10)20-8-19-11/h4-6,9H,3,7-8H2,1-2H3,(H,15,18)(H2,16,17,21)/t9-/m1/s1. The van der Waals surface area contributed by atoms with E-state index in [2.05, 4.69) is 16.0 Å². The van der Waals surface area contributed by atoms with Crippen molar-refractivity contribution >= 4 is 23.2 Å². The maximum absolute atomic E-state index is 11.6. The number of thiocarbonyl (C=S) groups is 1. The predicted molar refractivity (Wildman–Crippen MR) is 83.3 cm³/mol. The van der Waals surface area contributed by atoms with Gasteiger partial charge in [0.2, 0.25) is 12.7 Å². The summed E-state index contributed by atoms with van der Waals surface area (Å²) < 4.78 is 10.6. The van der Waals surface area contributed by atoms with Gasteiger partial charge < -0.3 is 25.4 Å². The first-order valence-electron chi connectivity index (χ1n) is 6.80. The summed E-state index contributed by atoms with van der Waals surface area (Å²) in [5.74, 6) is 1.41. The maximum Gasteiger partial charge on any atom is 0.242 e. The molecule has 2 rings (SSSR count). The van der Waals surface area contributed by atoms with Crippen LogP contribution in [0, 0.1) is 0 Å². The lowest BCUT2D eigenvalue weighted by Gasteiger charge is -2.16. The molecule has 6 nitrogen and oxygen atoms in total. The summed E-state index contributed by atoms with van der Waals surface area (Å²) in [6.07, 6.45) is 0. The zero-order valence-electron chi connectivity index (χ0n) is 12.1. The van der Waals surface area contributed by atoms with Gasteiger partial charge in [-0.1, -0.05) is 6.07 Å². The average Bonchev–Trinajstić information content (AvgIpc) is 2.92. The Morgan fingerprint density at radius 3 is 2.86 bits per heavy atom. The minimum atomic E-state index is -0.373. The van der Waals surface area contributed by atoms with E-state index in [1.54, 1.807) is 6.92 Å². The molecular weight excluding hydrogens is 290 g/mol. The van der Waals surface area contributed by atoms with Gasteiger partial charge in [0.05, 0.1) is 0 Å². The highest BCUT2D eigenvalue weighted by atomic mass is 32.1. The Hall–Kier alpha value is -2.02. The van der Waals surface area contributed by atoms with Gasteiger partial charge in [-0.15, -0.1) is 0 Å². The molecule has 1 heterocycles. The summed E-state index contributed by atoms with van der Waals surface area (Å²) >= 11 is 5.17. The quantitative estimate of drug-likeness (QED) is 0.702. The molecule has 0 saturated carbocycles. The molecule has 1 aromatic rings. The van der Waals surface area contributed by atoms with Crippen molar-refractivity contribution in [3.8, 4) is 11.5 Å². The molecule has 1 aliphatic heterocycles. The molecule has 21 heavy (non-hydrogen) atoms. The van der Waals surface area contributed by atoms with Crippen LogP contribution in [0.3, 0.4) is 0 Å². The Kier molecular flexibility index (Phi) is 5.21. The normalized spacial score (nSPS) is 13.4. The van der Waals surface area contributed by atoms with Crippen molar-refractivity contribution < 1.29 is 14.3 Å². The van der Waals surface area contributed by atoms with Gasteiger partial charge in [-0.05, 0) is 43.8 Å². The first-order chi connectivity index (χ1) is 10.1. The molecule has 0 radical (unpaired) electrons. The van der Waals surface area contributed by atoms with E-state index in [1.165, 1.54) is 0 Å². The topological polar surface area (TPSA) is 71.6 Å². The van der Waals surface area contributed by atoms with E-state index < -0.39 is 0 Å². The molecular formula is C14H19N3O3S. The van der Waals surface area contributed by atoms with Gasteiger partial charge in [-0.25, -0.2) is 0 Å². The fraction of sp³-hybridized carbons (Fsp3) is 0.429. The zero-order chi connectivity index (χ0) is 15.2. The van der Waals surface area contributed by atoms with E-state index in [-0.39, 0.29) is 18.7 Å². The smallest absolute Gasteiger partial charge is 0.242 e. The van der Waals surface area contributed by atoms with Crippen molar-refractivity contribution in [3.63, 3.8) is 0 Å². The molecule has 1 aliphatic rings. The van der Waals surface area contributed by atoms with Crippen LogP contribution in [-0.2, 0) is 11.3 Å². The Morgan fingerprint density at radius 1 is 1.33 bits per heavy atom. The van der Waals surface area contributed by atoms with Crippen molar-refractivity contribution in [2.75, 3.05) is 13.3 Å². The average molecular weight is 309 g/mol. The molecule has 0 aliphatic carbocycles. The lowest BCUT2D eigenvalue weighted by Crippen LogP contribution is -2.48. The van der Waals surface area contributed by atoms with E-state index in [1.807, 2.05) is 25.1 Å². The molecule has 3 N–H and O–H groups in total. The number of fused-ring (bicyclic) bond motifs is 1. The second-order valence-electron chi connectivity index (χ2n) is 4.63. The van der Waals surface area contributed by atoms with Crippen molar-refractivity contribution in [2.24, 2.45) is 0 Å². The molecule has 1 aromatic carbocycles. The van der Waals surface area contributed by atoms with Crippen LogP contribution >= 0.6 is 12.2 Å². The molecule has 0 bridgehead atoms. The zero-order valence-corrected chi connectivity index (χ0v) is 12.9. The lowest BCUT2D eigenvalue weighted by molar-refractivity contribution is -0.122. The van der Waals surface area contributed by atoms with Crippen molar-refractivity contribution in [3.05, 3.63) is 23.8 Å². The third kappa shape index (κ3) is 4.22. The molecule has 7 heteroatoms. The summed E-state index contributed by atoms with van der Waals surface area (Å²) in [6, 6.07) is 5.34. The molecule has 0 unspecified atom stereocenters. The van der Waals surface area contributed by atoms with Crippen molar-refractivity contribution in [2.45, 2.75) is 26.4 Å². The van der Waals surface area contributed by atoms with E-state index in [9.17, 15) is 4.79 Å². The highest BCUT2D eigenvalue weighted by Crippen LogP contribution is 2.32. The number of amides is 1. The fourth-order valence-electron chi connectivity index (χ4n) is 1.87. The van der Waals surface area contributed by atoms with E-state index >= 15 is 0 Å². The lowest BCUT2D eigenvalue weighted by atomic mass is 10.2. The first-order valence-corrected chi connectivity index (χ1v) is 7.21. The number of likely N-dealkylation sites (N-methyl/N-ethyl adjacent to an activating group) is 1. The number of hydrogen-bond acceptors (Lipinski definition) is 4. The largest absolute Gasteiger partial charge is 0.454 e. The van der Waals surface area contributed by atoms with Crippen LogP contribution in [0.4, 0.5) is 0 Å². The molecule has 0 saturated heterocycles. The number of nitrogens with one attached hydrogen (secondary N) is 3. The number of ether oxygens (including phenoxy) is 2. The van der Waals surface area contributed by atoms with Crippen molar-refractivity contribution in [1.29, 1.82) is 0 Å². The number of carbonyl (C=O) groups excluding carboxylic acids is 1. The minimum Gasteiger partial charge on any atom is -0.454 e. The second-order valence-corrected chi connectivity index (χ2v) is 5.04. The van der Waals surface area contributed by atoms with Gasteiger partial charge in [-0.3, -0.25) is 4.79 Å². The van der Waals surface area contributed by atoms with Gasteiger partial charge in [0.15, 0.2) is 16.6 Å². The third-order valence-electron chi connectivity index (χ3n) is 2.98. The summed E-state index contributed by atoms with van der Waals surface area (Å²) in [6.45, 7) is 5.05.